The average molecular weight is 419 g/mol. The van der Waals surface area contributed by atoms with E-state index in [1.54, 1.807) is 7.11 Å². The van der Waals surface area contributed by atoms with Crippen LogP contribution in [0.4, 0.5) is 5.82 Å². The van der Waals surface area contributed by atoms with Crippen LogP contribution < -0.4 is 15.0 Å². The summed E-state index contributed by atoms with van der Waals surface area (Å²) in [6, 6.07) is 11.7. The van der Waals surface area contributed by atoms with Gasteiger partial charge in [-0.3, -0.25) is 9.69 Å². The molecule has 1 aromatic carbocycles. The van der Waals surface area contributed by atoms with E-state index >= 15 is 0 Å². The summed E-state index contributed by atoms with van der Waals surface area (Å²) >= 11 is 3.41. The Bertz CT molecular complexity index is 731. The van der Waals surface area contributed by atoms with Gasteiger partial charge < -0.3 is 15.0 Å². The number of amides is 1. The second-order valence-electron chi connectivity index (χ2n) is 6.19. The first kappa shape index (κ1) is 18.7. The molecule has 7 heteroatoms. The van der Waals surface area contributed by atoms with E-state index in [4.69, 9.17) is 4.74 Å². The van der Waals surface area contributed by atoms with Crippen molar-refractivity contribution in [2.45, 2.75) is 6.54 Å². The van der Waals surface area contributed by atoms with Crippen molar-refractivity contribution >= 4 is 27.7 Å². The standard InChI is InChI=1S/C19H23BrN4O2/c1-26-17-5-3-2-4-15(17)12-22-19(25)14-23-8-10-24(11-9-23)18-7-6-16(20)13-21-18/h2-7,13H,8-12,14H2,1H3,(H,22,25). The van der Waals surface area contributed by atoms with Gasteiger partial charge in [0, 0.05) is 49.0 Å². The van der Waals surface area contributed by atoms with E-state index in [1.807, 2.05) is 42.6 Å². The second kappa shape index (κ2) is 9.00. The number of piperazine rings is 1. The third-order valence-corrected chi connectivity index (χ3v) is 4.91. The SMILES string of the molecule is COc1ccccc1CNC(=O)CN1CCN(c2ccc(Br)cn2)CC1. The van der Waals surface area contributed by atoms with E-state index in [1.165, 1.54) is 0 Å². The molecule has 0 bridgehead atoms. The Hall–Kier alpha value is -2.12. The van der Waals surface area contributed by atoms with Gasteiger partial charge in [0.25, 0.3) is 0 Å². The molecule has 0 saturated carbocycles. The van der Waals surface area contributed by atoms with Gasteiger partial charge in [-0.1, -0.05) is 18.2 Å². The zero-order chi connectivity index (χ0) is 18.4. The summed E-state index contributed by atoms with van der Waals surface area (Å²) in [5.74, 6) is 1.81. The highest BCUT2D eigenvalue weighted by molar-refractivity contribution is 9.10. The average Bonchev–Trinajstić information content (AvgIpc) is 2.68. The molecule has 2 aromatic rings. The number of hydrogen-bond acceptors (Lipinski definition) is 5. The van der Waals surface area contributed by atoms with E-state index in [2.05, 4.69) is 36.0 Å². The predicted molar refractivity (Wildman–Crippen MR) is 105 cm³/mol. The predicted octanol–water partition coefficient (Wildman–Crippen LogP) is 2.29. The fourth-order valence-corrected chi connectivity index (χ4v) is 3.23. The summed E-state index contributed by atoms with van der Waals surface area (Å²) in [7, 11) is 1.64. The minimum Gasteiger partial charge on any atom is -0.496 e. The molecule has 1 aliphatic rings. The molecule has 0 unspecified atom stereocenters. The van der Waals surface area contributed by atoms with Crippen LogP contribution in [-0.4, -0.2) is 55.6 Å². The Kier molecular flexibility index (Phi) is 6.46. The first-order valence-corrected chi connectivity index (χ1v) is 9.42. The highest BCUT2D eigenvalue weighted by atomic mass is 79.9. The van der Waals surface area contributed by atoms with Crippen LogP contribution in [0.3, 0.4) is 0 Å². The quantitative estimate of drug-likeness (QED) is 0.779. The fourth-order valence-electron chi connectivity index (χ4n) is 2.99. The largest absolute Gasteiger partial charge is 0.496 e. The molecular formula is C19H23BrN4O2. The van der Waals surface area contributed by atoms with Crippen molar-refractivity contribution < 1.29 is 9.53 Å². The van der Waals surface area contributed by atoms with E-state index in [-0.39, 0.29) is 5.91 Å². The smallest absolute Gasteiger partial charge is 0.234 e. The van der Waals surface area contributed by atoms with Crippen molar-refractivity contribution in [3.8, 4) is 5.75 Å². The Morgan fingerprint density at radius 1 is 1.19 bits per heavy atom. The van der Waals surface area contributed by atoms with Gasteiger partial charge in [-0.15, -0.1) is 0 Å². The fraction of sp³-hybridized carbons (Fsp3) is 0.368. The van der Waals surface area contributed by atoms with Crippen LogP contribution in [-0.2, 0) is 11.3 Å². The highest BCUT2D eigenvalue weighted by Gasteiger charge is 2.19. The van der Waals surface area contributed by atoms with Gasteiger partial charge in [-0.2, -0.15) is 0 Å². The number of aromatic nitrogens is 1. The molecule has 1 fully saturated rings. The molecule has 0 radical (unpaired) electrons. The van der Waals surface area contributed by atoms with E-state index in [9.17, 15) is 4.79 Å². The van der Waals surface area contributed by atoms with Gasteiger partial charge in [0.15, 0.2) is 0 Å². The lowest BCUT2D eigenvalue weighted by Gasteiger charge is -2.35. The van der Waals surface area contributed by atoms with Gasteiger partial charge >= 0.3 is 0 Å². The summed E-state index contributed by atoms with van der Waals surface area (Å²) in [4.78, 5) is 21.1. The van der Waals surface area contributed by atoms with Crippen LogP contribution in [0, 0.1) is 0 Å². The number of hydrogen-bond donors (Lipinski definition) is 1. The number of carbonyl (C=O) groups is 1. The summed E-state index contributed by atoms with van der Waals surface area (Å²) in [6.45, 7) is 4.32. The first-order chi connectivity index (χ1) is 12.7. The Morgan fingerprint density at radius 2 is 1.96 bits per heavy atom. The van der Waals surface area contributed by atoms with Gasteiger partial charge in [0.2, 0.25) is 5.91 Å². The molecule has 0 aliphatic carbocycles. The van der Waals surface area contributed by atoms with Crippen molar-refractivity contribution in [3.63, 3.8) is 0 Å². The lowest BCUT2D eigenvalue weighted by Crippen LogP contribution is -2.49. The molecule has 0 atom stereocenters. The van der Waals surface area contributed by atoms with E-state index in [0.29, 0.717) is 13.1 Å². The third kappa shape index (κ3) is 4.95. The molecule has 1 aromatic heterocycles. The van der Waals surface area contributed by atoms with Crippen LogP contribution in [0.5, 0.6) is 5.75 Å². The normalized spacial score (nSPS) is 14.9. The minimum absolute atomic E-state index is 0.0334. The molecule has 3 rings (SSSR count). The molecule has 1 aliphatic heterocycles. The van der Waals surface area contributed by atoms with Crippen molar-refractivity contribution in [3.05, 3.63) is 52.6 Å². The van der Waals surface area contributed by atoms with Gasteiger partial charge in [0.1, 0.15) is 11.6 Å². The van der Waals surface area contributed by atoms with Crippen LogP contribution >= 0.6 is 15.9 Å². The second-order valence-corrected chi connectivity index (χ2v) is 7.10. The molecule has 1 saturated heterocycles. The molecule has 138 valence electrons. The summed E-state index contributed by atoms with van der Waals surface area (Å²) < 4.78 is 6.29. The highest BCUT2D eigenvalue weighted by Crippen LogP contribution is 2.17. The molecule has 26 heavy (non-hydrogen) atoms. The number of rotatable bonds is 6. The molecule has 2 heterocycles. The molecular weight excluding hydrogens is 396 g/mol. The zero-order valence-corrected chi connectivity index (χ0v) is 16.4. The number of nitrogens with zero attached hydrogens (tertiary/aromatic N) is 3. The maximum Gasteiger partial charge on any atom is 0.234 e. The van der Waals surface area contributed by atoms with Crippen LogP contribution in [0.25, 0.3) is 0 Å². The molecule has 1 N–H and O–H groups in total. The summed E-state index contributed by atoms with van der Waals surface area (Å²) in [5.41, 5.74) is 0.981. The number of para-hydroxylation sites is 1. The number of methoxy groups -OCH3 is 1. The van der Waals surface area contributed by atoms with E-state index < -0.39 is 0 Å². The maximum atomic E-state index is 12.2. The first-order valence-electron chi connectivity index (χ1n) is 8.63. The van der Waals surface area contributed by atoms with Crippen molar-refractivity contribution in [1.82, 2.24) is 15.2 Å². The lowest BCUT2D eigenvalue weighted by molar-refractivity contribution is -0.122. The minimum atomic E-state index is 0.0334. The summed E-state index contributed by atoms with van der Waals surface area (Å²) in [5, 5.41) is 2.98. The van der Waals surface area contributed by atoms with E-state index in [0.717, 1.165) is 47.8 Å². The third-order valence-electron chi connectivity index (χ3n) is 4.44. The van der Waals surface area contributed by atoms with Crippen molar-refractivity contribution in [1.29, 1.82) is 0 Å². The Morgan fingerprint density at radius 3 is 2.65 bits per heavy atom. The lowest BCUT2D eigenvalue weighted by atomic mass is 10.2. The molecule has 0 spiro atoms. The van der Waals surface area contributed by atoms with Crippen molar-refractivity contribution in [2.75, 3.05) is 44.7 Å². The Balaban J connectivity index is 1.44. The number of ether oxygens (including phenoxy) is 1. The van der Waals surface area contributed by atoms with Gasteiger partial charge in [0.05, 0.1) is 13.7 Å². The Labute approximate surface area is 162 Å². The number of halogens is 1. The van der Waals surface area contributed by atoms with Crippen LogP contribution in [0.15, 0.2) is 47.1 Å². The summed E-state index contributed by atoms with van der Waals surface area (Å²) in [6.07, 6.45) is 1.81. The van der Waals surface area contributed by atoms with Crippen LogP contribution in [0.1, 0.15) is 5.56 Å². The number of anilines is 1. The van der Waals surface area contributed by atoms with Gasteiger partial charge in [-0.25, -0.2) is 4.98 Å². The van der Waals surface area contributed by atoms with Crippen molar-refractivity contribution in [2.24, 2.45) is 0 Å². The zero-order valence-electron chi connectivity index (χ0n) is 14.8. The monoisotopic (exact) mass is 418 g/mol. The number of carbonyl (C=O) groups excluding carboxylic acids is 1. The van der Waals surface area contributed by atoms with Gasteiger partial charge in [-0.05, 0) is 34.1 Å². The molecule has 1 amide bonds. The van der Waals surface area contributed by atoms with Crippen LogP contribution in [0.2, 0.25) is 0 Å². The number of pyridine rings is 1. The number of benzene rings is 1. The maximum absolute atomic E-state index is 12.2. The topological polar surface area (TPSA) is 57.7 Å². The molecule has 6 nitrogen and oxygen atoms in total. The number of nitrogens with one attached hydrogen (secondary N) is 1.